The summed E-state index contributed by atoms with van der Waals surface area (Å²) >= 11 is 1.29. The number of primary amides is 1. The standard InChI is InChI=1S/C13H19N3O2S/c1-15-7-8-16(2)13(18)10-5-3-4-6-11(10)19-9-12(14)17/h3-6,15H,7-9H2,1-2H3,(H2,14,17). The van der Waals surface area contributed by atoms with E-state index in [0.717, 1.165) is 11.4 Å². The monoisotopic (exact) mass is 281 g/mol. The quantitative estimate of drug-likeness (QED) is 0.716. The minimum Gasteiger partial charge on any atom is -0.369 e. The fourth-order valence-electron chi connectivity index (χ4n) is 1.50. The molecule has 0 bridgehead atoms. The van der Waals surface area contributed by atoms with E-state index in [1.54, 1.807) is 18.0 Å². The second kappa shape index (κ2) is 7.81. The summed E-state index contributed by atoms with van der Waals surface area (Å²) in [5, 5.41) is 3.00. The average Bonchev–Trinajstić information content (AvgIpc) is 2.42. The second-order valence-corrected chi connectivity index (χ2v) is 5.10. The number of hydrogen-bond donors (Lipinski definition) is 2. The van der Waals surface area contributed by atoms with E-state index < -0.39 is 5.91 Å². The smallest absolute Gasteiger partial charge is 0.254 e. The number of benzene rings is 1. The molecule has 0 saturated heterocycles. The van der Waals surface area contributed by atoms with Crippen molar-refractivity contribution in [2.75, 3.05) is 32.9 Å². The van der Waals surface area contributed by atoms with Gasteiger partial charge in [-0.05, 0) is 19.2 Å². The summed E-state index contributed by atoms with van der Waals surface area (Å²) in [5.74, 6) is -0.275. The van der Waals surface area contributed by atoms with Gasteiger partial charge in [-0.25, -0.2) is 0 Å². The molecule has 0 fully saturated rings. The third-order valence-electron chi connectivity index (χ3n) is 2.53. The Morgan fingerprint density at radius 3 is 2.68 bits per heavy atom. The first-order valence-electron chi connectivity index (χ1n) is 5.96. The first-order chi connectivity index (χ1) is 9.06. The number of carbonyl (C=O) groups is 2. The van der Waals surface area contributed by atoms with Crippen molar-refractivity contribution in [3.63, 3.8) is 0 Å². The van der Waals surface area contributed by atoms with Crippen LogP contribution >= 0.6 is 11.8 Å². The predicted molar refractivity (Wildman–Crippen MR) is 77.2 cm³/mol. The van der Waals surface area contributed by atoms with Crippen LogP contribution in [0.2, 0.25) is 0 Å². The van der Waals surface area contributed by atoms with Gasteiger partial charge in [0.25, 0.3) is 5.91 Å². The van der Waals surface area contributed by atoms with E-state index in [1.807, 2.05) is 25.2 Å². The zero-order chi connectivity index (χ0) is 14.3. The van der Waals surface area contributed by atoms with E-state index in [0.29, 0.717) is 12.1 Å². The third kappa shape index (κ3) is 4.92. The summed E-state index contributed by atoms with van der Waals surface area (Å²) in [6, 6.07) is 7.25. The number of nitrogens with two attached hydrogens (primary N) is 1. The Kier molecular flexibility index (Phi) is 6.38. The SMILES string of the molecule is CNCCN(C)C(=O)c1ccccc1SCC(N)=O. The molecule has 0 saturated carbocycles. The van der Waals surface area contributed by atoms with E-state index in [2.05, 4.69) is 5.32 Å². The Morgan fingerprint density at radius 1 is 1.37 bits per heavy atom. The molecule has 0 aliphatic rings. The van der Waals surface area contributed by atoms with Gasteiger partial charge in [0.1, 0.15) is 0 Å². The Morgan fingerprint density at radius 2 is 2.05 bits per heavy atom. The summed E-state index contributed by atoms with van der Waals surface area (Å²) in [6.45, 7) is 1.36. The highest BCUT2D eigenvalue weighted by Crippen LogP contribution is 2.23. The molecule has 0 aliphatic heterocycles. The maximum absolute atomic E-state index is 12.3. The van der Waals surface area contributed by atoms with Gasteiger partial charge in [0.2, 0.25) is 5.91 Å². The van der Waals surface area contributed by atoms with Crippen molar-refractivity contribution in [3.8, 4) is 0 Å². The minimum atomic E-state index is -0.393. The predicted octanol–water partition coefficient (Wildman–Crippen LogP) is 0.555. The van der Waals surface area contributed by atoms with Gasteiger partial charge < -0.3 is 16.0 Å². The zero-order valence-electron chi connectivity index (χ0n) is 11.2. The molecule has 2 amide bonds. The van der Waals surface area contributed by atoms with Gasteiger partial charge in [0.15, 0.2) is 0 Å². The van der Waals surface area contributed by atoms with Gasteiger partial charge in [-0.1, -0.05) is 12.1 Å². The molecule has 1 rings (SSSR count). The lowest BCUT2D eigenvalue weighted by atomic mass is 10.2. The Bertz CT molecular complexity index is 451. The van der Waals surface area contributed by atoms with Crippen LogP contribution in [-0.4, -0.2) is 49.7 Å². The number of rotatable bonds is 7. The molecule has 1 aromatic carbocycles. The number of thioether (sulfide) groups is 1. The van der Waals surface area contributed by atoms with E-state index in [9.17, 15) is 9.59 Å². The summed E-state index contributed by atoms with van der Waals surface area (Å²) in [4.78, 5) is 25.5. The van der Waals surface area contributed by atoms with Gasteiger partial charge >= 0.3 is 0 Å². The largest absolute Gasteiger partial charge is 0.369 e. The van der Waals surface area contributed by atoms with Gasteiger partial charge in [-0.2, -0.15) is 0 Å². The van der Waals surface area contributed by atoms with Gasteiger partial charge in [0.05, 0.1) is 11.3 Å². The Labute approximate surface area is 117 Å². The van der Waals surface area contributed by atoms with Gasteiger partial charge in [0, 0.05) is 25.0 Å². The summed E-state index contributed by atoms with van der Waals surface area (Å²) in [5.41, 5.74) is 5.73. The summed E-state index contributed by atoms with van der Waals surface area (Å²) < 4.78 is 0. The molecule has 104 valence electrons. The molecule has 6 heteroatoms. The van der Waals surface area contributed by atoms with Crippen LogP contribution in [-0.2, 0) is 4.79 Å². The number of nitrogens with zero attached hydrogens (tertiary/aromatic N) is 1. The molecule has 1 aromatic rings. The molecule has 0 aromatic heterocycles. The highest BCUT2D eigenvalue weighted by Gasteiger charge is 2.15. The number of carbonyl (C=O) groups excluding carboxylic acids is 2. The van der Waals surface area contributed by atoms with Crippen molar-refractivity contribution in [1.82, 2.24) is 10.2 Å². The maximum Gasteiger partial charge on any atom is 0.254 e. The molecule has 5 nitrogen and oxygen atoms in total. The summed E-state index contributed by atoms with van der Waals surface area (Å²) in [7, 11) is 3.60. The van der Waals surface area contributed by atoms with E-state index in [1.165, 1.54) is 11.8 Å². The van der Waals surface area contributed by atoms with Crippen LogP contribution in [0.4, 0.5) is 0 Å². The lowest BCUT2D eigenvalue weighted by Gasteiger charge is -2.18. The first kappa shape index (κ1) is 15.5. The minimum absolute atomic E-state index is 0.0529. The highest BCUT2D eigenvalue weighted by atomic mass is 32.2. The van der Waals surface area contributed by atoms with Crippen LogP contribution in [0.1, 0.15) is 10.4 Å². The number of hydrogen-bond acceptors (Lipinski definition) is 4. The molecule has 0 aliphatic carbocycles. The van der Waals surface area contributed by atoms with E-state index >= 15 is 0 Å². The first-order valence-corrected chi connectivity index (χ1v) is 6.95. The average molecular weight is 281 g/mol. The van der Waals surface area contributed by atoms with Gasteiger partial charge in [-0.15, -0.1) is 11.8 Å². The second-order valence-electron chi connectivity index (χ2n) is 4.08. The molecule has 0 unspecified atom stereocenters. The van der Waals surface area contributed by atoms with Crippen LogP contribution in [0.5, 0.6) is 0 Å². The fourth-order valence-corrected chi connectivity index (χ4v) is 2.29. The molecule has 0 radical (unpaired) electrons. The number of amides is 2. The van der Waals surface area contributed by atoms with Crippen LogP contribution in [0.15, 0.2) is 29.2 Å². The lowest BCUT2D eigenvalue weighted by molar-refractivity contribution is -0.115. The van der Waals surface area contributed by atoms with Crippen LogP contribution in [0.3, 0.4) is 0 Å². The van der Waals surface area contributed by atoms with Crippen molar-refractivity contribution in [2.45, 2.75) is 4.90 Å². The van der Waals surface area contributed by atoms with Crippen molar-refractivity contribution < 1.29 is 9.59 Å². The van der Waals surface area contributed by atoms with Gasteiger partial charge in [-0.3, -0.25) is 9.59 Å². The maximum atomic E-state index is 12.3. The van der Waals surface area contributed by atoms with Crippen molar-refractivity contribution in [2.24, 2.45) is 5.73 Å². The van der Waals surface area contributed by atoms with E-state index in [-0.39, 0.29) is 11.7 Å². The fraction of sp³-hybridized carbons (Fsp3) is 0.385. The Hall–Kier alpha value is -1.53. The Balaban J connectivity index is 2.80. The van der Waals surface area contributed by atoms with E-state index in [4.69, 9.17) is 5.73 Å². The molecule has 0 atom stereocenters. The topological polar surface area (TPSA) is 75.4 Å². The molecule has 19 heavy (non-hydrogen) atoms. The lowest BCUT2D eigenvalue weighted by Crippen LogP contribution is -2.33. The molecular weight excluding hydrogens is 262 g/mol. The normalized spacial score (nSPS) is 10.2. The number of likely N-dealkylation sites (N-methyl/N-ethyl adjacent to an activating group) is 2. The third-order valence-corrected chi connectivity index (χ3v) is 3.63. The highest BCUT2D eigenvalue weighted by molar-refractivity contribution is 8.00. The molecule has 0 spiro atoms. The molecular formula is C13H19N3O2S. The number of nitrogens with one attached hydrogen (secondary N) is 1. The van der Waals surface area contributed by atoms with Crippen LogP contribution < -0.4 is 11.1 Å². The van der Waals surface area contributed by atoms with Crippen molar-refractivity contribution in [3.05, 3.63) is 29.8 Å². The van der Waals surface area contributed by atoms with Crippen LogP contribution in [0, 0.1) is 0 Å². The molecule has 0 heterocycles. The molecule has 3 N–H and O–H groups in total. The van der Waals surface area contributed by atoms with Crippen LogP contribution in [0.25, 0.3) is 0 Å². The zero-order valence-corrected chi connectivity index (χ0v) is 12.0. The summed E-state index contributed by atoms with van der Waals surface area (Å²) in [6.07, 6.45) is 0. The van der Waals surface area contributed by atoms with Crippen molar-refractivity contribution in [1.29, 1.82) is 0 Å². The van der Waals surface area contributed by atoms with Crippen molar-refractivity contribution >= 4 is 23.6 Å².